The van der Waals surface area contributed by atoms with E-state index in [-0.39, 0.29) is 12.0 Å². The molecule has 0 spiro atoms. The minimum atomic E-state index is -1.05. The van der Waals surface area contributed by atoms with Crippen LogP contribution in [0.15, 0.2) is 12.2 Å². The van der Waals surface area contributed by atoms with Gasteiger partial charge in [0.2, 0.25) is 0 Å². The number of ether oxygens (including phenoxy) is 2. The van der Waals surface area contributed by atoms with Crippen LogP contribution in [0.25, 0.3) is 0 Å². The van der Waals surface area contributed by atoms with E-state index in [1.165, 1.54) is 6.92 Å². The lowest BCUT2D eigenvalue weighted by Crippen LogP contribution is -2.51. The van der Waals surface area contributed by atoms with Crippen LogP contribution >= 0.6 is 0 Å². The number of hydrogen-bond donors (Lipinski definition) is 3. The molecule has 0 radical (unpaired) electrons. The van der Waals surface area contributed by atoms with Gasteiger partial charge in [0, 0.05) is 30.3 Å². The molecule has 3 N–H and O–H groups in total. The van der Waals surface area contributed by atoms with E-state index in [4.69, 9.17) is 9.47 Å². The summed E-state index contributed by atoms with van der Waals surface area (Å²) >= 11 is 0. The normalized spacial score (nSPS) is 50.8. The lowest BCUT2D eigenvalue weighted by molar-refractivity contribution is -0.168. The average molecular weight is 340 g/mol. The van der Waals surface area contributed by atoms with Gasteiger partial charge in [-0.3, -0.25) is 4.79 Å². The second kappa shape index (κ2) is 5.54. The van der Waals surface area contributed by atoms with Crippen LogP contribution in [0, 0.1) is 23.2 Å². The first-order valence-electron chi connectivity index (χ1n) is 8.21. The Kier molecular flexibility index (Phi) is 4.01. The Balaban J connectivity index is 2.17. The van der Waals surface area contributed by atoms with E-state index >= 15 is 0 Å². The Morgan fingerprint density at radius 2 is 2.00 bits per heavy atom. The maximum Gasteiger partial charge on any atom is 0.334 e. The van der Waals surface area contributed by atoms with Crippen molar-refractivity contribution in [3.05, 3.63) is 12.2 Å². The van der Waals surface area contributed by atoms with E-state index in [1.54, 1.807) is 13.8 Å². The Morgan fingerprint density at radius 1 is 1.38 bits per heavy atom. The molecule has 0 bridgehead atoms. The topological polar surface area (TPSA) is 113 Å². The Bertz CT molecular complexity index is 587. The van der Waals surface area contributed by atoms with Crippen LogP contribution in [-0.2, 0) is 19.1 Å². The van der Waals surface area contributed by atoms with Crippen LogP contribution in [0.4, 0.5) is 0 Å². The number of carbonyl (C=O) groups excluding carboxylic acids is 2. The van der Waals surface area contributed by atoms with Gasteiger partial charge >= 0.3 is 11.9 Å². The van der Waals surface area contributed by atoms with Crippen molar-refractivity contribution < 1.29 is 34.4 Å². The van der Waals surface area contributed by atoms with Gasteiger partial charge in [0.15, 0.2) is 0 Å². The maximum atomic E-state index is 12.0. The van der Waals surface area contributed by atoms with Gasteiger partial charge < -0.3 is 24.8 Å². The molecular weight excluding hydrogens is 316 g/mol. The van der Waals surface area contributed by atoms with Gasteiger partial charge in [0.25, 0.3) is 0 Å². The van der Waals surface area contributed by atoms with Crippen molar-refractivity contribution >= 4 is 11.9 Å². The summed E-state index contributed by atoms with van der Waals surface area (Å²) in [5, 5.41) is 31.8. The second-order valence-electron chi connectivity index (χ2n) is 7.51. The van der Waals surface area contributed by atoms with Crippen LogP contribution in [0.2, 0.25) is 0 Å². The molecule has 0 unspecified atom stereocenters. The molecule has 7 nitrogen and oxygen atoms in total. The van der Waals surface area contributed by atoms with Gasteiger partial charge in [0.1, 0.15) is 12.2 Å². The molecule has 0 aromatic rings. The van der Waals surface area contributed by atoms with Crippen molar-refractivity contribution in [1.82, 2.24) is 0 Å². The van der Waals surface area contributed by atoms with Gasteiger partial charge in [-0.2, -0.15) is 0 Å². The predicted molar refractivity (Wildman–Crippen MR) is 81.5 cm³/mol. The largest absolute Gasteiger partial charge is 0.461 e. The van der Waals surface area contributed by atoms with E-state index in [0.717, 1.165) is 0 Å². The van der Waals surface area contributed by atoms with Crippen LogP contribution in [0.1, 0.15) is 27.2 Å². The third kappa shape index (κ3) is 2.14. The SMILES string of the molecule is C=C1C(=O)O[C@H]2[C@H](O)[C@@H](C)[C@@H]3[C@@H](O)C[C@@H](O)[C@@]3(C)[C@H](OC(C)=O)[C@H]12. The minimum absolute atomic E-state index is 0.118. The van der Waals surface area contributed by atoms with Crippen LogP contribution in [0.3, 0.4) is 0 Å². The highest BCUT2D eigenvalue weighted by Gasteiger charge is 2.67. The van der Waals surface area contributed by atoms with Crippen LogP contribution in [0.5, 0.6) is 0 Å². The summed E-state index contributed by atoms with van der Waals surface area (Å²) in [7, 11) is 0. The molecule has 3 fully saturated rings. The molecule has 3 rings (SSSR count). The number of hydrogen-bond acceptors (Lipinski definition) is 7. The molecular formula is C17H24O7. The van der Waals surface area contributed by atoms with Crippen molar-refractivity contribution in [2.45, 2.75) is 57.7 Å². The first-order valence-corrected chi connectivity index (χ1v) is 8.21. The molecule has 2 aliphatic carbocycles. The molecule has 9 atom stereocenters. The highest BCUT2D eigenvalue weighted by atomic mass is 16.6. The Morgan fingerprint density at radius 3 is 2.58 bits per heavy atom. The molecule has 134 valence electrons. The number of carbonyl (C=O) groups is 2. The molecule has 0 amide bonds. The zero-order valence-electron chi connectivity index (χ0n) is 14.0. The third-order valence-electron chi connectivity index (χ3n) is 6.25. The maximum absolute atomic E-state index is 12.0. The molecule has 1 heterocycles. The van der Waals surface area contributed by atoms with Gasteiger partial charge in [-0.15, -0.1) is 0 Å². The zero-order valence-corrected chi connectivity index (χ0v) is 14.0. The third-order valence-corrected chi connectivity index (χ3v) is 6.25. The van der Waals surface area contributed by atoms with Crippen molar-refractivity contribution in [2.24, 2.45) is 23.2 Å². The molecule has 1 saturated heterocycles. The highest BCUT2D eigenvalue weighted by molar-refractivity contribution is 5.91. The molecule has 24 heavy (non-hydrogen) atoms. The predicted octanol–water partition coefficient (Wildman–Crippen LogP) is -0.226. The second-order valence-corrected chi connectivity index (χ2v) is 7.51. The number of aliphatic hydroxyl groups is 3. The number of fused-ring (bicyclic) bond motifs is 2. The number of esters is 2. The van der Waals surface area contributed by atoms with Crippen molar-refractivity contribution in [3.8, 4) is 0 Å². The fourth-order valence-electron chi connectivity index (χ4n) is 5.08. The van der Waals surface area contributed by atoms with Crippen molar-refractivity contribution in [1.29, 1.82) is 0 Å². The highest BCUT2D eigenvalue weighted by Crippen LogP contribution is 2.58. The van der Waals surface area contributed by atoms with Gasteiger partial charge in [-0.1, -0.05) is 20.4 Å². The first kappa shape index (κ1) is 17.4. The molecule has 0 aromatic heterocycles. The average Bonchev–Trinajstić information content (AvgIpc) is 2.88. The summed E-state index contributed by atoms with van der Waals surface area (Å²) < 4.78 is 10.8. The fraction of sp³-hybridized carbons (Fsp3) is 0.765. The van der Waals surface area contributed by atoms with Crippen LogP contribution < -0.4 is 0 Å². The zero-order chi connectivity index (χ0) is 18.0. The van der Waals surface area contributed by atoms with Crippen molar-refractivity contribution in [3.63, 3.8) is 0 Å². The Labute approximate surface area is 140 Å². The van der Waals surface area contributed by atoms with E-state index in [1.807, 2.05) is 0 Å². The molecule has 3 aliphatic rings. The number of rotatable bonds is 1. The molecule has 0 aromatic carbocycles. The summed E-state index contributed by atoms with van der Waals surface area (Å²) in [5.41, 5.74) is -0.907. The quantitative estimate of drug-likeness (QED) is 0.446. The monoisotopic (exact) mass is 340 g/mol. The van der Waals surface area contributed by atoms with Crippen LogP contribution in [-0.4, -0.2) is 57.8 Å². The van der Waals surface area contributed by atoms with Crippen molar-refractivity contribution in [2.75, 3.05) is 0 Å². The van der Waals surface area contributed by atoms with Gasteiger partial charge in [-0.25, -0.2) is 4.79 Å². The Hall–Kier alpha value is -1.44. The first-order chi connectivity index (χ1) is 11.1. The number of aliphatic hydroxyl groups excluding tert-OH is 3. The van der Waals surface area contributed by atoms with E-state index < -0.39 is 65.6 Å². The summed E-state index contributed by atoms with van der Waals surface area (Å²) in [6.45, 7) is 8.47. The minimum Gasteiger partial charge on any atom is -0.461 e. The summed E-state index contributed by atoms with van der Waals surface area (Å²) in [6.07, 6.45) is -4.56. The molecule has 7 heteroatoms. The molecule has 1 aliphatic heterocycles. The molecule has 2 saturated carbocycles. The standard InChI is InChI=1S/C17H24O7/c1-6-11-14(24-16(6)22)13(21)7(2)12-9(19)5-10(20)17(12,4)15(11)23-8(3)18/h7,9-15,19-21H,1,5H2,2-4H3/t7-,9-,10+,11+,12+,13+,14+,15+,17+/m0/s1. The van der Waals surface area contributed by atoms with E-state index in [2.05, 4.69) is 6.58 Å². The summed E-state index contributed by atoms with van der Waals surface area (Å²) in [5.74, 6) is -2.93. The van der Waals surface area contributed by atoms with Gasteiger partial charge in [0.05, 0.1) is 24.2 Å². The smallest absolute Gasteiger partial charge is 0.334 e. The van der Waals surface area contributed by atoms with Gasteiger partial charge in [-0.05, 0) is 5.92 Å². The lowest BCUT2D eigenvalue weighted by Gasteiger charge is -2.43. The fourth-order valence-corrected chi connectivity index (χ4v) is 5.08. The lowest BCUT2D eigenvalue weighted by atomic mass is 9.66. The summed E-state index contributed by atoms with van der Waals surface area (Å²) in [4.78, 5) is 23.7. The van der Waals surface area contributed by atoms with E-state index in [0.29, 0.717) is 0 Å². The van der Waals surface area contributed by atoms with E-state index in [9.17, 15) is 24.9 Å². The summed E-state index contributed by atoms with van der Waals surface area (Å²) in [6, 6.07) is 0.